The minimum atomic E-state index is -3.31. The number of hydrogen-bond acceptors (Lipinski definition) is 9. The molecule has 9 nitrogen and oxygen atoms in total. The van der Waals surface area contributed by atoms with E-state index in [0.29, 0.717) is 36.5 Å². The van der Waals surface area contributed by atoms with Crippen LogP contribution in [0.4, 0.5) is 0 Å². The van der Waals surface area contributed by atoms with E-state index in [9.17, 15) is 18.3 Å². The molecule has 0 radical (unpaired) electrons. The Morgan fingerprint density at radius 1 is 1.35 bits per heavy atom. The predicted octanol–water partition coefficient (Wildman–Crippen LogP) is 3.21. The van der Waals surface area contributed by atoms with Crippen LogP contribution >= 0.6 is 11.3 Å². The number of pyridine rings is 1. The number of aliphatic hydroxyl groups is 1. The zero-order valence-electron chi connectivity index (χ0n) is 22.1. The number of nitrogens with zero attached hydrogens (tertiary/aromatic N) is 2. The molecule has 37 heavy (non-hydrogen) atoms. The zero-order valence-corrected chi connectivity index (χ0v) is 23.7. The smallest absolute Gasteiger partial charge is 0.261 e. The monoisotopic (exact) mass is 551 g/mol. The molecule has 2 atom stereocenters. The average molecular weight is 552 g/mol. The third-order valence-electron chi connectivity index (χ3n) is 6.72. The van der Waals surface area contributed by atoms with Crippen molar-refractivity contribution in [3.05, 3.63) is 45.4 Å². The van der Waals surface area contributed by atoms with Crippen molar-refractivity contribution in [2.24, 2.45) is 0 Å². The van der Waals surface area contributed by atoms with Gasteiger partial charge in [0.25, 0.3) is 5.91 Å². The standard InChI is InChI=1S/C26H37N3O6S2/c1-6-37(32,33)20-8-7-19(27-16-20)15-28-23(30)21-14-18-13-17(2)34-26(22(18)36-21)9-11-29(12-10-26)24(31)35-25(3,4)5/h7-8,14,16-17,24,31H,6,9-13,15H2,1-5H3,(H,28,30)/t17-,24?/m0/s1. The molecule has 4 rings (SSSR count). The van der Waals surface area contributed by atoms with Gasteiger partial charge in [0.2, 0.25) is 6.41 Å². The molecule has 1 saturated heterocycles. The maximum absolute atomic E-state index is 13.0. The van der Waals surface area contributed by atoms with Crippen molar-refractivity contribution in [1.82, 2.24) is 15.2 Å². The van der Waals surface area contributed by atoms with Crippen molar-refractivity contribution in [2.45, 2.75) is 89.0 Å². The Morgan fingerprint density at radius 3 is 2.65 bits per heavy atom. The van der Waals surface area contributed by atoms with E-state index in [4.69, 9.17) is 9.47 Å². The number of rotatable bonds is 7. The van der Waals surface area contributed by atoms with Gasteiger partial charge >= 0.3 is 0 Å². The van der Waals surface area contributed by atoms with E-state index in [2.05, 4.69) is 17.2 Å². The van der Waals surface area contributed by atoms with Gasteiger partial charge in [-0.05, 0) is 70.7 Å². The van der Waals surface area contributed by atoms with E-state index in [1.165, 1.54) is 23.6 Å². The molecule has 2 aliphatic heterocycles. The first-order chi connectivity index (χ1) is 17.3. The van der Waals surface area contributed by atoms with Gasteiger partial charge in [0.15, 0.2) is 9.84 Å². The number of fused-ring (bicyclic) bond motifs is 2. The van der Waals surface area contributed by atoms with Gasteiger partial charge in [0.1, 0.15) is 5.60 Å². The Labute approximate surface area is 223 Å². The summed E-state index contributed by atoms with van der Waals surface area (Å²) in [4.78, 5) is 21.0. The number of piperidine rings is 1. The fraction of sp³-hybridized carbons (Fsp3) is 0.615. The molecule has 2 aliphatic rings. The molecule has 1 unspecified atom stereocenters. The van der Waals surface area contributed by atoms with Crippen LogP contribution in [-0.2, 0) is 37.9 Å². The number of sulfone groups is 1. The second kappa shape index (κ2) is 10.7. The van der Waals surface area contributed by atoms with Crippen molar-refractivity contribution in [2.75, 3.05) is 18.8 Å². The molecule has 0 aliphatic carbocycles. The summed E-state index contributed by atoms with van der Waals surface area (Å²) in [6.07, 6.45) is 2.55. The number of aromatic nitrogens is 1. The van der Waals surface area contributed by atoms with Crippen LogP contribution in [0.25, 0.3) is 0 Å². The molecule has 2 aromatic rings. The Kier molecular flexibility index (Phi) is 8.14. The third kappa shape index (κ3) is 6.40. The number of amides is 1. The molecule has 4 heterocycles. The van der Waals surface area contributed by atoms with Crippen LogP contribution < -0.4 is 5.32 Å². The van der Waals surface area contributed by atoms with Crippen molar-refractivity contribution in [3.63, 3.8) is 0 Å². The minimum absolute atomic E-state index is 0.0148. The average Bonchev–Trinajstić information content (AvgIpc) is 3.27. The zero-order chi connectivity index (χ0) is 27.0. The lowest BCUT2D eigenvalue weighted by molar-refractivity contribution is -0.253. The third-order valence-corrected chi connectivity index (χ3v) is 9.81. The van der Waals surface area contributed by atoms with Crippen molar-refractivity contribution >= 4 is 27.1 Å². The Balaban J connectivity index is 1.43. The molecule has 1 amide bonds. The lowest BCUT2D eigenvalue weighted by Gasteiger charge is -2.46. The summed E-state index contributed by atoms with van der Waals surface area (Å²) in [5, 5.41) is 13.4. The normalized spacial score (nSPS) is 21.0. The minimum Gasteiger partial charge on any atom is -0.366 e. The maximum Gasteiger partial charge on any atom is 0.261 e. The number of nitrogens with one attached hydrogen (secondary N) is 1. The van der Waals surface area contributed by atoms with E-state index in [0.717, 1.165) is 16.9 Å². The summed E-state index contributed by atoms with van der Waals surface area (Å²) < 4.78 is 36.2. The quantitative estimate of drug-likeness (QED) is 0.504. The highest BCUT2D eigenvalue weighted by Crippen LogP contribution is 2.47. The highest BCUT2D eigenvalue weighted by molar-refractivity contribution is 7.91. The molecular formula is C26H37N3O6S2. The highest BCUT2D eigenvalue weighted by Gasteiger charge is 2.45. The molecule has 0 saturated carbocycles. The van der Waals surface area contributed by atoms with E-state index in [-0.39, 0.29) is 29.2 Å². The van der Waals surface area contributed by atoms with Crippen LogP contribution in [0.15, 0.2) is 29.3 Å². The van der Waals surface area contributed by atoms with Gasteiger partial charge < -0.3 is 19.9 Å². The number of likely N-dealkylation sites (tertiary alicyclic amines) is 1. The van der Waals surface area contributed by atoms with Crippen LogP contribution in [0.2, 0.25) is 0 Å². The highest BCUT2D eigenvalue weighted by atomic mass is 32.2. The SMILES string of the molecule is CCS(=O)(=O)c1ccc(CNC(=O)c2cc3c(s2)C2(CCN(C(O)OC(C)(C)C)CC2)O[C@@H](C)C3)nc1. The van der Waals surface area contributed by atoms with Gasteiger partial charge in [0, 0.05) is 24.2 Å². The molecule has 204 valence electrons. The van der Waals surface area contributed by atoms with E-state index < -0.39 is 27.5 Å². The number of ether oxygens (including phenoxy) is 2. The molecule has 2 N–H and O–H groups in total. The van der Waals surface area contributed by atoms with Crippen LogP contribution in [0.3, 0.4) is 0 Å². The van der Waals surface area contributed by atoms with E-state index in [1.807, 2.05) is 31.7 Å². The predicted molar refractivity (Wildman–Crippen MR) is 141 cm³/mol. The van der Waals surface area contributed by atoms with Gasteiger partial charge in [-0.15, -0.1) is 11.3 Å². The van der Waals surface area contributed by atoms with E-state index >= 15 is 0 Å². The first kappa shape index (κ1) is 28.1. The van der Waals surface area contributed by atoms with Gasteiger partial charge in [-0.3, -0.25) is 14.7 Å². The van der Waals surface area contributed by atoms with Crippen molar-refractivity contribution in [1.29, 1.82) is 0 Å². The summed E-state index contributed by atoms with van der Waals surface area (Å²) in [5.41, 5.74) is 0.803. The van der Waals surface area contributed by atoms with Crippen molar-refractivity contribution < 1.29 is 27.8 Å². The topological polar surface area (TPSA) is 118 Å². The Hall–Kier alpha value is -1.89. The lowest BCUT2D eigenvalue weighted by Crippen LogP contribution is -2.52. The molecule has 0 bridgehead atoms. The first-order valence-corrected chi connectivity index (χ1v) is 15.2. The maximum atomic E-state index is 13.0. The summed E-state index contributed by atoms with van der Waals surface area (Å²) >= 11 is 1.47. The van der Waals surface area contributed by atoms with Crippen LogP contribution in [-0.4, -0.2) is 66.3 Å². The van der Waals surface area contributed by atoms with Crippen LogP contribution in [0.5, 0.6) is 0 Å². The summed E-state index contributed by atoms with van der Waals surface area (Å²) in [6.45, 7) is 10.8. The lowest BCUT2D eigenvalue weighted by atomic mass is 9.84. The molecule has 0 aromatic carbocycles. The molecular weight excluding hydrogens is 514 g/mol. The van der Waals surface area contributed by atoms with E-state index in [1.54, 1.807) is 13.0 Å². The number of aliphatic hydroxyl groups excluding tert-OH is 1. The second-order valence-corrected chi connectivity index (χ2v) is 14.1. The van der Waals surface area contributed by atoms with Crippen LogP contribution in [0.1, 0.15) is 73.3 Å². The molecule has 1 fully saturated rings. The number of hydrogen-bond donors (Lipinski definition) is 2. The summed E-state index contributed by atoms with van der Waals surface area (Å²) in [5.74, 6) is -0.179. The number of carbonyl (C=O) groups is 1. The number of carbonyl (C=O) groups excluding carboxylic acids is 1. The first-order valence-electron chi connectivity index (χ1n) is 12.7. The Bertz CT molecular complexity index is 1210. The fourth-order valence-electron chi connectivity index (χ4n) is 4.83. The largest absolute Gasteiger partial charge is 0.366 e. The van der Waals surface area contributed by atoms with Gasteiger partial charge in [-0.2, -0.15) is 0 Å². The molecule has 11 heteroatoms. The Morgan fingerprint density at radius 2 is 2.05 bits per heavy atom. The molecule has 2 aromatic heterocycles. The number of thiophene rings is 1. The fourth-order valence-corrected chi connectivity index (χ4v) is 6.95. The van der Waals surface area contributed by atoms with Crippen molar-refractivity contribution in [3.8, 4) is 0 Å². The second-order valence-electron chi connectivity index (χ2n) is 10.8. The summed E-state index contributed by atoms with van der Waals surface area (Å²) in [6, 6.07) is 5.11. The van der Waals surface area contributed by atoms with Gasteiger partial charge in [0.05, 0.1) is 39.5 Å². The van der Waals surface area contributed by atoms with Crippen LogP contribution in [0, 0.1) is 0 Å². The van der Waals surface area contributed by atoms with Gasteiger partial charge in [-0.25, -0.2) is 8.42 Å². The van der Waals surface area contributed by atoms with Gasteiger partial charge in [-0.1, -0.05) is 6.92 Å². The summed E-state index contributed by atoms with van der Waals surface area (Å²) in [7, 11) is -3.31. The molecule has 1 spiro atoms.